The van der Waals surface area contributed by atoms with Crippen molar-refractivity contribution in [2.75, 3.05) is 48.4 Å². The molecule has 0 aliphatic heterocycles. The maximum absolute atomic E-state index is 11.2. The number of rotatable bonds is 10. The van der Waals surface area contributed by atoms with Crippen molar-refractivity contribution >= 4 is 11.6 Å². The van der Waals surface area contributed by atoms with E-state index in [0.29, 0.717) is 23.8 Å². The Labute approximate surface area is 192 Å². The SMILES string of the molecule is CC(=O)c1ccc(-c2ccc(C(C)=O)cc2)cc1.COCCC(C)COC.COCOC. The number of benzene rings is 2. The fourth-order valence-corrected chi connectivity index (χ4v) is 2.60. The number of methoxy groups -OCH3 is 4. The van der Waals surface area contributed by atoms with Crippen molar-refractivity contribution in [2.45, 2.75) is 27.2 Å². The third-order valence-corrected chi connectivity index (χ3v) is 4.42. The highest BCUT2D eigenvalue weighted by Crippen LogP contribution is 2.20. The second kappa shape index (κ2) is 18.2. The van der Waals surface area contributed by atoms with Crippen molar-refractivity contribution in [3.8, 4) is 11.1 Å². The lowest BCUT2D eigenvalue weighted by molar-refractivity contribution is -0.00272. The predicted octanol–water partition coefficient (Wildman–Crippen LogP) is 5.30. The molecule has 2 aromatic carbocycles. The van der Waals surface area contributed by atoms with Gasteiger partial charge in [0.15, 0.2) is 11.6 Å². The van der Waals surface area contributed by atoms with Crippen LogP contribution in [-0.2, 0) is 18.9 Å². The number of ether oxygens (including phenoxy) is 4. The molecular formula is C26H38O6. The van der Waals surface area contributed by atoms with E-state index in [9.17, 15) is 9.59 Å². The third kappa shape index (κ3) is 13.1. The normalized spacial score (nSPS) is 10.8. The van der Waals surface area contributed by atoms with E-state index in [1.807, 2.05) is 48.5 Å². The fourth-order valence-electron chi connectivity index (χ4n) is 2.60. The van der Waals surface area contributed by atoms with Crippen LogP contribution >= 0.6 is 0 Å². The first-order valence-corrected chi connectivity index (χ1v) is 10.5. The summed E-state index contributed by atoms with van der Waals surface area (Å²) in [5.74, 6) is 0.747. The molecule has 1 unspecified atom stereocenters. The van der Waals surface area contributed by atoms with E-state index in [0.717, 1.165) is 30.8 Å². The summed E-state index contributed by atoms with van der Waals surface area (Å²) in [5, 5.41) is 0. The van der Waals surface area contributed by atoms with Crippen molar-refractivity contribution in [1.29, 1.82) is 0 Å². The Morgan fingerprint density at radius 1 is 0.688 bits per heavy atom. The van der Waals surface area contributed by atoms with Gasteiger partial charge >= 0.3 is 0 Å². The summed E-state index contributed by atoms with van der Waals surface area (Å²) in [7, 11) is 6.62. The molecule has 0 saturated heterocycles. The van der Waals surface area contributed by atoms with E-state index in [1.54, 1.807) is 42.3 Å². The highest BCUT2D eigenvalue weighted by atomic mass is 16.6. The van der Waals surface area contributed by atoms with Crippen molar-refractivity contribution in [3.05, 3.63) is 59.7 Å². The lowest BCUT2D eigenvalue weighted by Crippen LogP contribution is -2.06. The average molecular weight is 447 g/mol. The van der Waals surface area contributed by atoms with E-state index < -0.39 is 0 Å². The number of hydrogen-bond donors (Lipinski definition) is 0. The van der Waals surface area contributed by atoms with Crippen LogP contribution in [0.25, 0.3) is 11.1 Å². The maximum Gasteiger partial charge on any atom is 0.159 e. The summed E-state index contributed by atoms with van der Waals surface area (Å²) in [6.45, 7) is 7.32. The topological polar surface area (TPSA) is 71.1 Å². The summed E-state index contributed by atoms with van der Waals surface area (Å²) >= 11 is 0. The van der Waals surface area contributed by atoms with E-state index in [2.05, 4.69) is 16.4 Å². The Kier molecular flexibility index (Phi) is 16.9. The van der Waals surface area contributed by atoms with Gasteiger partial charge in [0.2, 0.25) is 0 Å². The third-order valence-electron chi connectivity index (χ3n) is 4.42. The largest absolute Gasteiger partial charge is 0.385 e. The minimum atomic E-state index is 0.0634. The molecule has 0 amide bonds. The molecule has 0 radical (unpaired) electrons. The van der Waals surface area contributed by atoms with Crippen molar-refractivity contribution < 1.29 is 28.5 Å². The number of hydrogen-bond acceptors (Lipinski definition) is 6. The molecule has 0 saturated carbocycles. The monoisotopic (exact) mass is 446 g/mol. The highest BCUT2D eigenvalue weighted by molar-refractivity contribution is 5.95. The quantitative estimate of drug-likeness (QED) is 0.364. The van der Waals surface area contributed by atoms with E-state index in [-0.39, 0.29) is 11.6 Å². The summed E-state index contributed by atoms with van der Waals surface area (Å²) in [4.78, 5) is 22.4. The Morgan fingerprint density at radius 3 is 1.34 bits per heavy atom. The molecule has 178 valence electrons. The fraction of sp³-hybridized carbons (Fsp3) is 0.462. The van der Waals surface area contributed by atoms with Gasteiger partial charge in [0.05, 0.1) is 0 Å². The van der Waals surface area contributed by atoms with E-state index in [4.69, 9.17) is 9.47 Å². The van der Waals surface area contributed by atoms with Gasteiger partial charge in [-0.2, -0.15) is 0 Å². The second-order valence-electron chi connectivity index (χ2n) is 7.30. The van der Waals surface area contributed by atoms with Crippen molar-refractivity contribution in [3.63, 3.8) is 0 Å². The van der Waals surface area contributed by atoms with Gasteiger partial charge in [-0.15, -0.1) is 0 Å². The number of ketones is 2. The minimum absolute atomic E-state index is 0.0634. The van der Waals surface area contributed by atoms with Crippen LogP contribution in [0.2, 0.25) is 0 Å². The van der Waals surface area contributed by atoms with E-state index >= 15 is 0 Å². The minimum Gasteiger partial charge on any atom is -0.385 e. The molecule has 32 heavy (non-hydrogen) atoms. The van der Waals surface area contributed by atoms with Gasteiger partial charge in [0, 0.05) is 52.8 Å². The molecule has 0 fully saturated rings. The summed E-state index contributed by atoms with van der Waals surface area (Å²) in [6.07, 6.45) is 1.09. The second-order valence-corrected chi connectivity index (χ2v) is 7.30. The molecule has 0 aliphatic rings. The van der Waals surface area contributed by atoms with Crippen LogP contribution in [0.1, 0.15) is 47.9 Å². The smallest absolute Gasteiger partial charge is 0.159 e. The first-order chi connectivity index (χ1) is 15.3. The predicted molar refractivity (Wildman–Crippen MR) is 128 cm³/mol. The van der Waals surface area contributed by atoms with Gasteiger partial charge in [-0.1, -0.05) is 55.5 Å². The molecule has 6 nitrogen and oxygen atoms in total. The van der Waals surface area contributed by atoms with E-state index in [1.165, 1.54) is 0 Å². The zero-order chi connectivity index (χ0) is 24.4. The lowest BCUT2D eigenvalue weighted by Gasteiger charge is -2.07. The Balaban J connectivity index is 0.000000574. The Hall–Kier alpha value is -2.38. The Morgan fingerprint density at radius 2 is 1.09 bits per heavy atom. The van der Waals surface area contributed by atoms with Crippen LogP contribution in [0.15, 0.2) is 48.5 Å². The maximum atomic E-state index is 11.2. The van der Waals surface area contributed by atoms with Crippen LogP contribution in [0.5, 0.6) is 0 Å². The average Bonchev–Trinajstić information content (AvgIpc) is 2.79. The molecule has 0 aliphatic carbocycles. The van der Waals surface area contributed by atoms with Gasteiger partial charge in [0.25, 0.3) is 0 Å². The van der Waals surface area contributed by atoms with Crippen LogP contribution < -0.4 is 0 Å². The molecule has 2 rings (SSSR count). The first-order valence-electron chi connectivity index (χ1n) is 10.5. The molecule has 6 heteroatoms. The van der Waals surface area contributed by atoms with Gasteiger partial charge in [-0.3, -0.25) is 9.59 Å². The van der Waals surface area contributed by atoms with Crippen LogP contribution in [0, 0.1) is 5.92 Å². The lowest BCUT2D eigenvalue weighted by atomic mass is 10.0. The first kappa shape index (κ1) is 29.6. The molecule has 0 bridgehead atoms. The molecule has 0 N–H and O–H groups in total. The Bertz CT molecular complexity index is 695. The molecule has 0 aromatic heterocycles. The van der Waals surface area contributed by atoms with Crippen molar-refractivity contribution in [1.82, 2.24) is 0 Å². The highest BCUT2D eigenvalue weighted by Gasteiger charge is 2.03. The van der Waals surface area contributed by atoms with Crippen LogP contribution in [0.4, 0.5) is 0 Å². The van der Waals surface area contributed by atoms with Gasteiger partial charge < -0.3 is 18.9 Å². The summed E-state index contributed by atoms with van der Waals surface area (Å²) < 4.78 is 18.8. The van der Waals surface area contributed by atoms with Gasteiger partial charge in [-0.05, 0) is 37.3 Å². The number of Topliss-reactive ketones (excluding diaryl/α,β-unsaturated/α-hetero) is 2. The number of carbonyl (C=O) groups is 2. The van der Waals surface area contributed by atoms with Gasteiger partial charge in [0.1, 0.15) is 6.79 Å². The zero-order valence-electron chi connectivity index (χ0n) is 20.5. The van der Waals surface area contributed by atoms with Gasteiger partial charge in [-0.25, -0.2) is 0 Å². The molecule has 0 spiro atoms. The molecule has 2 aromatic rings. The molecule has 1 atom stereocenters. The summed E-state index contributed by atoms with van der Waals surface area (Å²) in [6, 6.07) is 14.9. The molecular weight excluding hydrogens is 408 g/mol. The van der Waals surface area contributed by atoms with Crippen LogP contribution in [-0.4, -0.2) is 60.0 Å². The summed E-state index contributed by atoms with van der Waals surface area (Å²) in [5.41, 5.74) is 3.49. The zero-order valence-corrected chi connectivity index (χ0v) is 20.5. The van der Waals surface area contributed by atoms with Crippen molar-refractivity contribution in [2.24, 2.45) is 5.92 Å². The number of carbonyl (C=O) groups excluding carboxylic acids is 2. The molecule has 0 heterocycles. The standard InChI is InChI=1S/C16H14O2.C7H16O2.C3H8O2/c1-11(17)13-3-7-15(8-4-13)16-9-5-14(6-10-16)12(2)18;1-7(6-9-3)4-5-8-2;1-4-3-5-2/h3-10H,1-2H3;7H,4-6H2,1-3H3;3H2,1-2H3. The van der Waals surface area contributed by atoms with Crippen LogP contribution in [0.3, 0.4) is 0 Å².